The SMILES string of the molecule is CCC[C@@H]1CN(C(=O)c2cc(=O)[nH]c3cc(F)ccc23)C[C@H]1N(C)C. The Hall–Kier alpha value is -2.21. The van der Waals surface area contributed by atoms with Gasteiger partial charge in [0.05, 0.1) is 11.1 Å². The lowest BCUT2D eigenvalue weighted by Gasteiger charge is -2.24. The van der Waals surface area contributed by atoms with E-state index in [9.17, 15) is 14.0 Å². The Bertz CT molecular complexity index is 846. The Morgan fingerprint density at radius 2 is 2.08 bits per heavy atom. The van der Waals surface area contributed by atoms with Gasteiger partial charge in [0.15, 0.2) is 0 Å². The van der Waals surface area contributed by atoms with Gasteiger partial charge in [0.2, 0.25) is 5.56 Å². The van der Waals surface area contributed by atoms with Crippen LogP contribution >= 0.6 is 0 Å². The number of carbonyl (C=O) groups is 1. The predicted molar refractivity (Wildman–Crippen MR) is 96.3 cm³/mol. The molecule has 1 fully saturated rings. The fourth-order valence-corrected chi connectivity index (χ4v) is 3.84. The fourth-order valence-electron chi connectivity index (χ4n) is 3.84. The first-order valence-corrected chi connectivity index (χ1v) is 8.69. The van der Waals surface area contributed by atoms with E-state index >= 15 is 0 Å². The van der Waals surface area contributed by atoms with Crippen LogP contribution in [-0.2, 0) is 0 Å². The minimum atomic E-state index is -0.440. The summed E-state index contributed by atoms with van der Waals surface area (Å²) in [6.07, 6.45) is 2.14. The summed E-state index contributed by atoms with van der Waals surface area (Å²) in [6.45, 7) is 3.48. The second kappa shape index (κ2) is 6.96. The highest BCUT2D eigenvalue weighted by molar-refractivity contribution is 6.06. The molecular weight excluding hydrogens is 321 g/mol. The summed E-state index contributed by atoms with van der Waals surface area (Å²) in [4.78, 5) is 31.6. The highest BCUT2D eigenvalue weighted by Gasteiger charge is 2.36. The number of nitrogens with one attached hydrogen (secondary N) is 1. The van der Waals surface area contributed by atoms with Gasteiger partial charge in [-0.3, -0.25) is 9.59 Å². The van der Waals surface area contributed by atoms with Gasteiger partial charge in [0.25, 0.3) is 5.91 Å². The van der Waals surface area contributed by atoms with Gasteiger partial charge in [-0.1, -0.05) is 13.3 Å². The van der Waals surface area contributed by atoms with Crippen LogP contribution in [0.15, 0.2) is 29.1 Å². The monoisotopic (exact) mass is 345 g/mol. The van der Waals surface area contributed by atoms with E-state index in [4.69, 9.17) is 0 Å². The maximum Gasteiger partial charge on any atom is 0.254 e. The number of pyridine rings is 1. The lowest BCUT2D eigenvalue weighted by molar-refractivity contribution is 0.0782. The van der Waals surface area contributed by atoms with Crippen molar-refractivity contribution in [2.24, 2.45) is 5.92 Å². The van der Waals surface area contributed by atoms with Crippen LogP contribution in [0.1, 0.15) is 30.1 Å². The van der Waals surface area contributed by atoms with E-state index in [2.05, 4.69) is 16.8 Å². The number of likely N-dealkylation sites (tertiary alicyclic amines) is 1. The molecule has 5 nitrogen and oxygen atoms in total. The topological polar surface area (TPSA) is 56.4 Å². The number of aromatic nitrogens is 1. The Morgan fingerprint density at radius 3 is 2.76 bits per heavy atom. The van der Waals surface area contributed by atoms with E-state index in [1.165, 1.54) is 18.2 Å². The summed E-state index contributed by atoms with van der Waals surface area (Å²) in [5, 5.41) is 0.575. The maximum atomic E-state index is 13.5. The van der Waals surface area contributed by atoms with Crippen LogP contribution in [-0.4, -0.2) is 53.9 Å². The zero-order chi connectivity index (χ0) is 18.1. The summed E-state index contributed by atoms with van der Waals surface area (Å²) >= 11 is 0. The van der Waals surface area contributed by atoms with Gasteiger partial charge in [-0.2, -0.15) is 0 Å². The van der Waals surface area contributed by atoms with Crippen molar-refractivity contribution in [3.05, 3.63) is 46.0 Å². The lowest BCUT2D eigenvalue weighted by atomic mass is 9.98. The van der Waals surface area contributed by atoms with Gasteiger partial charge in [0.1, 0.15) is 5.82 Å². The highest BCUT2D eigenvalue weighted by atomic mass is 19.1. The van der Waals surface area contributed by atoms with Crippen LogP contribution in [0.5, 0.6) is 0 Å². The molecule has 2 atom stereocenters. The van der Waals surface area contributed by atoms with Crippen LogP contribution in [0.2, 0.25) is 0 Å². The molecule has 1 aliphatic heterocycles. The molecule has 2 heterocycles. The molecule has 0 bridgehead atoms. The second-order valence-electron chi connectivity index (χ2n) is 7.03. The standard InChI is InChI=1S/C19H24FN3O2/c1-4-5-12-10-23(11-17(12)22(2)3)19(25)15-9-18(24)21-16-8-13(20)6-7-14(15)16/h6-9,12,17H,4-5,10-11H2,1-3H3,(H,21,24)/t12-,17-/m1/s1. The van der Waals surface area contributed by atoms with Crippen LogP contribution in [0.3, 0.4) is 0 Å². The highest BCUT2D eigenvalue weighted by Crippen LogP contribution is 2.27. The van der Waals surface area contributed by atoms with Crippen molar-refractivity contribution >= 4 is 16.8 Å². The number of hydrogen-bond acceptors (Lipinski definition) is 3. The van der Waals surface area contributed by atoms with Crippen molar-refractivity contribution in [3.63, 3.8) is 0 Å². The molecule has 6 heteroatoms. The third-order valence-corrected chi connectivity index (χ3v) is 5.05. The first-order chi connectivity index (χ1) is 11.9. The molecule has 134 valence electrons. The predicted octanol–water partition coefficient (Wildman–Crippen LogP) is 2.47. The Balaban J connectivity index is 1.96. The van der Waals surface area contributed by atoms with Gasteiger partial charge in [0, 0.05) is 30.6 Å². The molecule has 1 amide bonds. The van der Waals surface area contributed by atoms with Crippen molar-refractivity contribution in [1.82, 2.24) is 14.8 Å². The van der Waals surface area contributed by atoms with Crippen LogP contribution in [0.4, 0.5) is 4.39 Å². The maximum absolute atomic E-state index is 13.5. The van der Waals surface area contributed by atoms with Gasteiger partial charge >= 0.3 is 0 Å². The number of amides is 1. The van der Waals surface area contributed by atoms with Crippen molar-refractivity contribution < 1.29 is 9.18 Å². The summed E-state index contributed by atoms with van der Waals surface area (Å²) in [6, 6.07) is 5.75. The van der Waals surface area contributed by atoms with Crippen molar-refractivity contribution in [2.45, 2.75) is 25.8 Å². The summed E-state index contributed by atoms with van der Waals surface area (Å²) in [5.74, 6) is -0.174. The number of likely N-dealkylation sites (N-methyl/N-ethyl adjacent to an activating group) is 1. The Labute approximate surface area is 146 Å². The van der Waals surface area contributed by atoms with E-state index < -0.39 is 11.4 Å². The van der Waals surface area contributed by atoms with Gasteiger partial charge in [-0.25, -0.2) is 4.39 Å². The molecule has 1 saturated heterocycles. The first-order valence-electron chi connectivity index (χ1n) is 8.69. The third kappa shape index (κ3) is 3.44. The third-order valence-electron chi connectivity index (χ3n) is 5.05. The molecule has 0 radical (unpaired) electrons. The number of nitrogens with zero attached hydrogens (tertiary/aromatic N) is 2. The quantitative estimate of drug-likeness (QED) is 0.926. The number of benzene rings is 1. The van der Waals surface area contributed by atoms with Crippen LogP contribution < -0.4 is 5.56 Å². The number of fused-ring (bicyclic) bond motifs is 1. The smallest absolute Gasteiger partial charge is 0.254 e. The van der Waals surface area contributed by atoms with E-state index in [0.717, 1.165) is 12.8 Å². The van der Waals surface area contributed by atoms with E-state index in [1.54, 1.807) is 6.07 Å². The largest absolute Gasteiger partial charge is 0.337 e. The zero-order valence-electron chi connectivity index (χ0n) is 14.9. The first kappa shape index (κ1) is 17.6. The van der Waals surface area contributed by atoms with Gasteiger partial charge in [-0.05, 0) is 44.6 Å². The normalized spacial score (nSPS) is 20.6. The van der Waals surface area contributed by atoms with Crippen molar-refractivity contribution in [1.29, 1.82) is 0 Å². The molecule has 1 N–H and O–H groups in total. The van der Waals surface area contributed by atoms with Crippen molar-refractivity contribution in [2.75, 3.05) is 27.2 Å². The van der Waals surface area contributed by atoms with Gasteiger partial charge in [-0.15, -0.1) is 0 Å². The fraction of sp³-hybridized carbons (Fsp3) is 0.474. The average molecular weight is 345 g/mol. The minimum Gasteiger partial charge on any atom is -0.337 e. The molecule has 1 aromatic heterocycles. The van der Waals surface area contributed by atoms with Crippen molar-refractivity contribution in [3.8, 4) is 0 Å². The number of aromatic amines is 1. The Kier molecular flexibility index (Phi) is 4.90. The number of halogens is 1. The number of rotatable bonds is 4. The molecule has 0 saturated carbocycles. The second-order valence-corrected chi connectivity index (χ2v) is 7.03. The molecule has 1 aromatic carbocycles. The number of hydrogen-bond donors (Lipinski definition) is 1. The molecule has 0 aliphatic carbocycles. The van der Waals surface area contributed by atoms with E-state index in [1.807, 2.05) is 19.0 Å². The zero-order valence-corrected chi connectivity index (χ0v) is 14.9. The summed E-state index contributed by atoms with van der Waals surface area (Å²) < 4.78 is 13.5. The van der Waals surface area contributed by atoms with E-state index in [-0.39, 0.29) is 5.91 Å². The molecule has 3 rings (SSSR count). The molecular formula is C19H24FN3O2. The number of H-pyrrole nitrogens is 1. The number of carbonyl (C=O) groups excluding carboxylic acids is 1. The molecule has 1 aliphatic rings. The molecule has 2 aromatic rings. The summed E-state index contributed by atoms with van der Waals surface area (Å²) in [5.41, 5.74) is 0.299. The molecule has 0 unspecified atom stereocenters. The van der Waals surface area contributed by atoms with Crippen LogP contribution in [0, 0.1) is 11.7 Å². The van der Waals surface area contributed by atoms with E-state index in [0.29, 0.717) is 41.5 Å². The average Bonchev–Trinajstić information content (AvgIpc) is 2.97. The lowest BCUT2D eigenvalue weighted by Crippen LogP contribution is -2.36. The Morgan fingerprint density at radius 1 is 1.32 bits per heavy atom. The molecule has 0 spiro atoms. The minimum absolute atomic E-state index is 0.159. The van der Waals surface area contributed by atoms with Gasteiger partial charge < -0.3 is 14.8 Å². The summed E-state index contributed by atoms with van der Waals surface area (Å²) in [7, 11) is 4.07. The molecule has 25 heavy (non-hydrogen) atoms. The van der Waals surface area contributed by atoms with Crippen LogP contribution in [0.25, 0.3) is 10.9 Å².